The number of hydrazine groups is 2. The van der Waals surface area contributed by atoms with Crippen LogP contribution in [0.3, 0.4) is 0 Å². The summed E-state index contributed by atoms with van der Waals surface area (Å²) < 4.78 is 33.2. The molecule has 0 radical (unpaired) electrons. The van der Waals surface area contributed by atoms with Crippen LogP contribution in [-0.4, -0.2) is 45.7 Å². The minimum absolute atomic E-state index is 0.0982. The molecule has 1 aliphatic heterocycles. The number of benzene rings is 3. The fraction of sp³-hybridized carbons (Fsp3) is 0.240. The second-order valence-corrected chi connectivity index (χ2v) is 10.7. The SMILES string of the molecule is COc1ccc(S(=O)(=O)NC[C@@H](O)[C@H](Cc2ccccc2)[NH2+]Cc2cc(Cl)ccc2N2C=NNN2)cc1. The molecular formula is C25H30ClN6O4S+. The average molecular weight is 546 g/mol. The first-order valence-corrected chi connectivity index (χ1v) is 13.5. The zero-order valence-corrected chi connectivity index (χ0v) is 21.8. The lowest BCUT2D eigenvalue weighted by molar-refractivity contribution is -0.710. The first-order chi connectivity index (χ1) is 17.9. The maximum Gasteiger partial charge on any atom is 0.240 e. The van der Waals surface area contributed by atoms with E-state index in [1.54, 1.807) is 29.5 Å². The molecule has 0 amide bonds. The Morgan fingerprint density at radius 3 is 2.57 bits per heavy atom. The Kier molecular flexibility index (Phi) is 8.98. The number of hydrogen-bond acceptors (Lipinski definition) is 8. The van der Waals surface area contributed by atoms with Crippen LogP contribution in [0.2, 0.25) is 5.02 Å². The van der Waals surface area contributed by atoms with Crippen molar-refractivity contribution in [3.63, 3.8) is 0 Å². The summed E-state index contributed by atoms with van der Waals surface area (Å²) in [6.45, 7) is 0.344. The largest absolute Gasteiger partial charge is 0.497 e. The summed E-state index contributed by atoms with van der Waals surface area (Å²) in [5.41, 5.74) is 8.38. The molecule has 1 heterocycles. The van der Waals surface area contributed by atoms with E-state index >= 15 is 0 Å². The van der Waals surface area contributed by atoms with Crippen LogP contribution in [0.1, 0.15) is 11.1 Å². The van der Waals surface area contributed by atoms with E-state index in [1.165, 1.54) is 19.2 Å². The Balaban J connectivity index is 1.48. The summed E-state index contributed by atoms with van der Waals surface area (Å²) >= 11 is 6.27. The molecule has 0 saturated carbocycles. The molecule has 6 N–H and O–H groups in total. The number of nitrogens with zero attached hydrogens (tertiary/aromatic N) is 2. The van der Waals surface area contributed by atoms with Crippen molar-refractivity contribution in [1.29, 1.82) is 0 Å². The van der Waals surface area contributed by atoms with Gasteiger partial charge in [0.25, 0.3) is 0 Å². The van der Waals surface area contributed by atoms with Crippen molar-refractivity contribution in [2.75, 3.05) is 18.7 Å². The van der Waals surface area contributed by atoms with Gasteiger partial charge in [-0.1, -0.05) is 41.9 Å². The Morgan fingerprint density at radius 2 is 1.89 bits per heavy atom. The number of quaternary nitrogens is 1. The minimum Gasteiger partial charge on any atom is -0.497 e. The van der Waals surface area contributed by atoms with Crippen LogP contribution in [-0.2, 0) is 23.0 Å². The van der Waals surface area contributed by atoms with Gasteiger partial charge in [0.2, 0.25) is 10.0 Å². The van der Waals surface area contributed by atoms with Crippen molar-refractivity contribution < 1.29 is 23.6 Å². The van der Waals surface area contributed by atoms with E-state index in [0.29, 0.717) is 23.7 Å². The van der Waals surface area contributed by atoms with Crippen LogP contribution >= 0.6 is 11.6 Å². The highest BCUT2D eigenvalue weighted by Gasteiger charge is 2.26. The predicted octanol–water partition coefficient (Wildman–Crippen LogP) is 1.14. The molecule has 3 aromatic carbocycles. The highest BCUT2D eigenvalue weighted by atomic mass is 35.5. The molecule has 0 unspecified atom stereocenters. The number of aliphatic hydroxyl groups is 1. The molecule has 0 aromatic heterocycles. The van der Waals surface area contributed by atoms with E-state index in [9.17, 15) is 13.5 Å². The number of halogens is 1. The van der Waals surface area contributed by atoms with Gasteiger partial charge in [0.1, 0.15) is 30.8 Å². The summed E-state index contributed by atoms with van der Waals surface area (Å²) in [5, 5.41) is 19.4. The van der Waals surface area contributed by atoms with Crippen molar-refractivity contribution in [2.24, 2.45) is 5.10 Å². The first kappa shape index (κ1) is 26.9. The van der Waals surface area contributed by atoms with Gasteiger partial charge in [-0.05, 0) is 48.0 Å². The van der Waals surface area contributed by atoms with Crippen molar-refractivity contribution in [2.45, 2.75) is 30.0 Å². The highest BCUT2D eigenvalue weighted by Crippen LogP contribution is 2.23. The Bertz CT molecular complexity index is 1310. The second kappa shape index (κ2) is 12.4. The van der Waals surface area contributed by atoms with Crippen molar-refractivity contribution in [1.82, 2.24) is 15.8 Å². The lowest BCUT2D eigenvalue weighted by Gasteiger charge is -2.23. The average Bonchev–Trinajstić information content (AvgIpc) is 3.45. The smallest absolute Gasteiger partial charge is 0.240 e. The van der Waals surface area contributed by atoms with Gasteiger partial charge in [-0.15, -0.1) is 5.53 Å². The van der Waals surface area contributed by atoms with Crippen molar-refractivity contribution in [3.05, 3.63) is 88.9 Å². The molecule has 0 saturated heterocycles. The number of ether oxygens (including phenoxy) is 1. The maximum absolute atomic E-state index is 12.8. The van der Waals surface area contributed by atoms with Crippen LogP contribution in [0.4, 0.5) is 5.69 Å². The lowest BCUT2D eigenvalue weighted by Crippen LogP contribution is -2.92. The van der Waals surface area contributed by atoms with Gasteiger partial charge in [-0.2, -0.15) is 5.10 Å². The molecule has 0 fully saturated rings. The van der Waals surface area contributed by atoms with E-state index in [0.717, 1.165) is 16.8 Å². The molecule has 12 heteroatoms. The number of anilines is 1. The normalized spacial score (nSPS) is 14.8. The number of sulfonamides is 1. The minimum atomic E-state index is -3.81. The molecule has 0 aliphatic carbocycles. The standard InChI is InChI=1S/C25H29ClN6O4S/c1-36-21-8-10-22(11-9-21)37(34,35)29-16-25(33)23(13-18-5-3-2-4-6-18)27-15-19-14-20(26)7-12-24(19)32-17-28-30-31-32/h2-12,14,17,23,25,27,29-31,33H,13,15-16H2,1H3/p+1/t23-,25+/m0/s1. The maximum atomic E-state index is 12.8. The first-order valence-electron chi connectivity index (χ1n) is 11.7. The molecular weight excluding hydrogens is 516 g/mol. The third-order valence-corrected chi connectivity index (χ3v) is 7.69. The topological polar surface area (TPSA) is 132 Å². The molecule has 196 valence electrons. The summed E-state index contributed by atoms with van der Waals surface area (Å²) in [7, 11) is -2.30. The molecule has 0 spiro atoms. The number of methoxy groups -OCH3 is 1. The summed E-state index contributed by atoms with van der Waals surface area (Å²) in [5.74, 6) is 0.558. The number of rotatable bonds is 12. The summed E-state index contributed by atoms with van der Waals surface area (Å²) in [6.07, 6.45) is 1.17. The van der Waals surface area contributed by atoms with Gasteiger partial charge in [0, 0.05) is 23.6 Å². The fourth-order valence-electron chi connectivity index (χ4n) is 4.00. The predicted molar refractivity (Wildman–Crippen MR) is 142 cm³/mol. The van der Waals surface area contributed by atoms with Crippen LogP contribution < -0.4 is 30.9 Å². The number of aliphatic hydroxyl groups excluding tert-OH is 1. The van der Waals surface area contributed by atoms with Gasteiger partial charge in [-0.25, -0.2) is 23.7 Å². The van der Waals surface area contributed by atoms with Crippen LogP contribution in [0.25, 0.3) is 0 Å². The molecule has 37 heavy (non-hydrogen) atoms. The molecule has 3 aromatic rings. The monoisotopic (exact) mass is 545 g/mol. The Morgan fingerprint density at radius 1 is 1.14 bits per heavy atom. The number of hydrogen-bond donors (Lipinski definition) is 5. The zero-order chi connectivity index (χ0) is 26.3. The van der Waals surface area contributed by atoms with Crippen LogP contribution in [0, 0.1) is 0 Å². The quantitative estimate of drug-likeness (QED) is 0.230. The van der Waals surface area contributed by atoms with E-state index in [4.69, 9.17) is 16.3 Å². The highest BCUT2D eigenvalue weighted by molar-refractivity contribution is 7.89. The number of nitrogens with two attached hydrogens (primary N) is 1. The summed E-state index contributed by atoms with van der Waals surface area (Å²) in [6, 6.07) is 21.0. The van der Waals surface area contributed by atoms with Gasteiger partial charge < -0.3 is 15.2 Å². The zero-order valence-electron chi connectivity index (χ0n) is 20.2. The second-order valence-electron chi connectivity index (χ2n) is 8.50. The van der Waals surface area contributed by atoms with Crippen LogP contribution in [0.15, 0.2) is 82.8 Å². The van der Waals surface area contributed by atoms with Crippen molar-refractivity contribution >= 4 is 33.7 Å². The summed E-state index contributed by atoms with van der Waals surface area (Å²) in [4.78, 5) is 0.0982. The van der Waals surface area contributed by atoms with Gasteiger partial charge >= 0.3 is 0 Å². The number of hydrazone groups is 1. The lowest BCUT2D eigenvalue weighted by atomic mass is 10.0. The number of nitrogens with one attached hydrogen (secondary N) is 3. The van der Waals surface area contributed by atoms with Crippen LogP contribution in [0.5, 0.6) is 5.75 Å². The van der Waals surface area contributed by atoms with E-state index in [-0.39, 0.29) is 17.5 Å². The van der Waals surface area contributed by atoms with E-state index < -0.39 is 16.1 Å². The molecule has 4 rings (SSSR count). The molecule has 0 bridgehead atoms. The third kappa shape index (κ3) is 7.19. The van der Waals surface area contributed by atoms with E-state index in [1.807, 2.05) is 47.8 Å². The fourth-order valence-corrected chi connectivity index (χ4v) is 5.24. The third-order valence-electron chi connectivity index (χ3n) is 6.01. The molecule has 10 nitrogen and oxygen atoms in total. The van der Waals surface area contributed by atoms with Crippen molar-refractivity contribution in [3.8, 4) is 5.75 Å². The Labute approximate surface area is 221 Å². The molecule has 2 atom stereocenters. The van der Waals surface area contributed by atoms with E-state index in [2.05, 4.69) is 20.9 Å². The van der Waals surface area contributed by atoms with Gasteiger partial charge in [0.05, 0.1) is 17.7 Å². The van der Waals surface area contributed by atoms with Gasteiger partial charge in [-0.3, -0.25) is 0 Å². The Hall–Kier alpha value is -3.19. The van der Waals surface area contributed by atoms with Gasteiger partial charge in [0.15, 0.2) is 0 Å². The molecule has 1 aliphatic rings.